The summed E-state index contributed by atoms with van der Waals surface area (Å²) >= 11 is 3.56. The number of ether oxygens (including phenoxy) is 1. The molecule has 0 spiro atoms. The molecule has 1 rings (SSSR count). The molecule has 96 valence electrons. The van der Waals surface area contributed by atoms with Crippen molar-refractivity contribution in [2.24, 2.45) is 5.92 Å². The maximum atomic E-state index is 11.5. The minimum Gasteiger partial charge on any atom is -0.444 e. The van der Waals surface area contributed by atoms with E-state index < -0.39 is 5.60 Å². The van der Waals surface area contributed by atoms with E-state index in [-0.39, 0.29) is 6.09 Å². The van der Waals surface area contributed by atoms with E-state index >= 15 is 0 Å². The Balaban J connectivity index is 2.40. The second-order valence-corrected chi connectivity index (χ2v) is 6.32. The molecule has 2 atom stereocenters. The maximum absolute atomic E-state index is 11.5. The molecule has 1 aliphatic rings. The molecule has 0 fully saturated rings. The first kappa shape index (κ1) is 14.3. The van der Waals surface area contributed by atoms with Crippen LogP contribution in [0.2, 0.25) is 0 Å². The van der Waals surface area contributed by atoms with E-state index in [9.17, 15) is 4.79 Å². The molecule has 0 saturated heterocycles. The smallest absolute Gasteiger partial charge is 0.407 e. The molecule has 0 radical (unpaired) electrons. The van der Waals surface area contributed by atoms with Crippen molar-refractivity contribution in [2.45, 2.75) is 38.1 Å². The summed E-state index contributed by atoms with van der Waals surface area (Å²) in [5, 5.41) is 2.75. The Labute approximate surface area is 111 Å². The van der Waals surface area contributed by atoms with Gasteiger partial charge in [0.1, 0.15) is 5.60 Å². The van der Waals surface area contributed by atoms with E-state index in [0.717, 1.165) is 5.57 Å². The third-order valence-corrected chi connectivity index (χ3v) is 3.45. The number of hydrogen-bond acceptors (Lipinski definition) is 2. The highest BCUT2D eigenvalue weighted by atomic mass is 79.9. The topological polar surface area (TPSA) is 38.3 Å². The van der Waals surface area contributed by atoms with Gasteiger partial charge in [0.15, 0.2) is 0 Å². The Morgan fingerprint density at radius 3 is 2.71 bits per heavy atom. The van der Waals surface area contributed by atoms with Crippen LogP contribution < -0.4 is 5.32 Å². The van der Waals surface area contributed by atoms with Gasteiger partial charge >= 0.3 is 6.09 Å². The van der Waals surface area contributed by atoms with E-state index in [1.165, 1.54) is 0 Å². The fraction of sp³-hybridized carbons (Fsp3) is 0.615. The summed E-state index contributed by atoms with van der Waals surface area (Å²) in [4.78, 5) is 11.8. The highest BCUT2D eigenvalue weighted by Gasteiger charge is 2.17. The predicted octanol–water partition coefficient (Wildman–Crippen LogP) is 3.41. The molecule has 0 aromatic heterocycles. The van der Waals surface area contributed by atoms with E-state index in [1.54, 1.807) is 0 Å². The molecular formula is C13H20BrNO2. The summed E-state index contributed by atoms with van der Waals surface area (Å²) in [7, 11) is 0. The van der Waals surface area contributed by atoms with Crippen LogP contribution in [0.4, 0.5) is 4.79 Å². The van der Waals surface area contributed by atoms with Crippen molar-refractivity contribution in [1.29, 1.82) is 0 Å². The van der Waals surface area contributed by atoms with Gasteiger partial charge in [-0.15, -0.1) is 0 Å². The van der Waals surface area contributed by atoms with Crippen molar-refractivity contribution in [3.63, 3.8) is 0 Å². The zero-order valence-corrected chi connectivity index (χ0v) is 12.4. The molecule has 0 aromatic rings. The van der Waals surface area contributed by atoms with Gasteiger partial charge in [0.25, 0.3) is 0 Å². The van der Waals surface area contributed by atoms with Crippen LogP contribution in [0.3, 0.4) is 0 Å². The highest BCUT2D eigenvalue weighted by molar-refractivity contribution is 9.09. The number of alkyl carbamates (subject to hydrolysis) is 1. The number of halogens is 1. The van der Waals surface area contributed by atoms with Crippen molar-refractivity contribution in [1.82, 2.24) is 5.32 Å². The summed E-state index contributed by atoms with van der Waals surface area (Å²) < 4.78 is 5.17. The van der Waals surface area contributed by atoms with Gasteiger partial charge in [-0.05, 0) is 32.3 Å². The lowest BCUT2D eigenvalue weighted by Crippen LogP contribution is -2.33. The molecule has 1 aliphatic carbocycles. The van der Waals surface area contributed by atoms with Gasteiger partial charge in [0.2, 0.25) is 0 Å². The van der Waals surface area contributed by atoms with Gasteiger partial charge in [0, 0.05) is 11.4 Å². The largest absolute Gasteiger partial charge is 0.444 e. The van der Waals surface area contributed by atoms with Gasteiger partial charge in [-0.3, -0.25) is 0 Å². The van der Waals surface area contributed by atoms with Gasteiger partial charge in [-0.25, -0.2) is 4.79 Å². The van der Waals surface area contributed by atoms with E-state index in [1.807, 2.05) is 26.8 Å². The van der Waals surface area contributed by atoms with Gasteiger partial charge in [-0.2, -0.15) is 0 Å². The first-order chi connectivity index (χ1) is 7.78. The summed E-state index contributed by atoms with van der Waals surface area (Å²) in [5.41, 5.74) is 0.661. The summed E-state index contributed by atoms with van der Waals surface area (Å²) in [5.74, 6) is 0.440. The Morgan fingerprint density at radius 2 is 2.18 bits per heavy atom. The molecule has 4 heteroatoms. The van der Waals surface area contributed by atoms with Crippen molar-refractivity contribution >= 4 is 22.0 Å². The Bertz CT molecular complexity index is 342. The highest BCUT2D eigenvalue weighted by Crippen LogP contribution is 2.22. The summed E-state index contributed by atoms with van der Waals surface area (Å²) in [6, 6.07) is 0. The number of rotatable bonds is 2. The van der Waals surface area contributed by atoms with Crippen LogP contribution in [0.1, 0.15) is 27.7 Å². The number of hydrogen-bond donors (Lipinski definition) is 1. The first-order valence-corrected chi connectivity index (χ1v) is 6.69. The van der Waals surface area contributed by atoms with Crippen LogP contribution in [0.25, 0.3) is 0 Å². The maximum Gasteiger partial charge on any atom is 0.407 e. The number of nitrogens with one attached hydrogen (secondary N) is 1. The third-order valence-electron chi connectivity index (χ3n) is 2.31. The van der Waals surface area contributed by atoms with Crippen molar-refractivity contribution < 1.29 is 9.53 Å². The second kappa shape index (κ2) is 5.71. The number of amides is 1. The molecule has 17 heavy (non-hydrogen) atoms. The van der Waals surface area contributed by atoms with Crippen LogP contribution in [-0.4, -0.2) is 23.1 Å². The van der Waals surface area contributed by atoms with Crippen LogP contribution in [0.5, 0.6) is 0 Å². The summed E-state index contributed by atoms with van der Waals surface area (Å²) in [6.45, 7) is 8.20. The molecule has 1 amide bonds. The normalized spacial score (nSPS) is 24.2. The van der Waals surface area contributed by atoms with Gasteiger partial charge in [0.05, 0.1) is 0 Å². The molecule has 0 saturated carbocycles. The lowest BCUT2D eigenvalue weighted by molar-refractivity contribution is 0.0533. The molecule has 2 unspecified atom stereocenters. The number of carbonyl (C=O) groups is 1. The van der Waals surface area contributed by atoms with Crippen molar-refractivity contribution in [3.8, 4) is 0 Å². The van der Waals surface area contributed by atoms with E-state index in [2.05, 4.69) is 40.3 Å². The molecule has 0 aliphatic heterocycles. The average Bonchev–Trinajstić information content (AvgIpc) is 2.17. The molecule has 0 heterocycles. The zero-order valence-electron chi connectivity index (χ0n) is 10.8. The quantitative estimate of drug-likeness (QED) is 0.794. The van der Waals surface area contributed by atoms with Crippen LogP contribution in [-0.2, 0) is 4.74 Å². The molecule has 1 N–H and O–H groups in total. The van der Waals surface area contributed by atoms with Crippen molar-refractivity contribution in [2.75, 3.05) is 6.54 Å². The summed E-state index contributed by atoms with van der Waals surface area (Å²) in [6.07, 6.45) is 5.89. The Morgan fingerprint density at radius 1 is 1.53 bits per heavy atom. The molecule has 0 aromatic carbocycles. The molecular weight excluding hydrogens is 282 g/mol. The Hall–Kier alpha value is -0.770. The molecule has 0 bridgehead atoms. The van der Waals surface area contributed by atoms with E-state index in [0.29, 0.717) is 17.3 Å². The third kappa shape index (κ3) is 5.39. The Kier molecular flexibility index (Phi) is 4.80. The van der Waals surface area contributed by atoms with Gasteiger partial charge in [-0.1, -0.05) is 41.1 Å². The number of alkyl halides is 1. The second-order valence-electron chi connectivity index (χ2n) is 5.26. The predicted molar refractivity (Wildman–Crippen MR) is 73.3 cm³/mol. The lowest BCUT2D eigenvalue weighted by atomic mass is 9.98. The standard InChI is InChI=1S/C13H20BrNO2/c1-9-7-10(5-6-11(9)14)8-15-12(16)17-13(2,3)4/h5-7,9,11H,8H2,1-4H3,(H,15,16). The van der Waals surface area contributed by atoms with Crippen LogP contribution in [0, 0.1) is 5.92 Å². The van der Waals surface area contributed by atoms with Crippen molar-refractivity contribution in [3.05, 3.63) is 23.8 Å². The van der Waals surface area contributed by atoms with Gasteiger partial charge < -0.3 is 10.1 Å². The number of allylic oxidation sites excluding steroid dienone is 2. The minimum atomic E-state index is -0.449. The van der Waals surface area contributed by atoms with Crippen LogP contribution in [0.15, 0.2) is 23.8 Å². The zero-order chi connectivity index (χ0) is 13.1. The monoisotopic (exact) mass is 301 g/mol. The minimum absolute atomic E-state index is 0.375. The van der Waals surface area contributed by atoms with E-state index in [4.69, 9.17) is 4.74 Å². The van der Waals surface area contributed by atoms with Crippen LogP contribution >= 0.6 is 15.9 Å². The average molecular weight is 302 g/mol. The SMILES string of the molecule is CC1C=C(CNC(=O)OC(C)(C)C)C=CC1Br. The molecule has 3 nitrogen and oxygen atoms in total. The fourth-order valence-electron chi connectivity index (χ4n) is 1.48. The first-order valence-electron chi connectivity index (χ1n) is 5.78. The lowest BCUT2D eigenvalue weighted by Gasteiger charge is -2.21. The number of carbonyl (C=O) groups excluding carboxylic acids is 1. The fourth-order valence-corrected chi connectivity index (χ4v) is 1.79.